The fourth-order valence-electron chi connectivity index (χ4n) is 2.49. The van der Waals surface area contributed by atoms with Crippen LogP contribution in [0.1, 0.15) is 13.3 Å². The molecule has 0 saturated carbocycles. The third-order valence-corrected chi connectivity index (χ3v) is 5.82. The maximum Gasteiger partial charge on any atom is 0.191 e. The summed E-state index contributed by atoms with van der Waals surface area (Å²) < 4.78 is 30.8. The minimum absolute atomic E-state index is 0. The molecule has 0 aliphatic carbocycles. The molecule has 2 aromatic rings. The van der Waals surface area contributed by atoms with Gasteiger partial charge in [-0.3, -0.25) is 4.99 Å². The lowest BCUT2D eigenvalue weighted by Gasteiger charge is -2.20. The van der Waals surface area contributed by atoms with Crippen LogP contribution in [0.15, 0.2) is 70.6 Å². The Hall–Kier alpha value is -1.81. The normalized spacial score (nSPS) is 12.6. The van der Waals surface area contributed by atoms with Gasteiger partial charge < -0.3 is 15.4 Å². The van der Waals surface area contributed by atoms with E-state index in [4.69, 9.17) is 4.74 Å². The van der Waals surface area contributed by atoms with Crippen molar-refractivity contribution in [2.24, 2.45) is 4.99 Å². The number of guanidine groups is 1. The number of rotatable bonds is 9. The van der Waals surface area contributed by atoms with E-state index in [1.807, 2.05) is 37.3 Å². The van der Waals surface area contributed by atoms with Gasteiger partial charge in [0.05, 0.1) is 17.2 Å². The molecule has 28 heavy (non-hydrogen) atoms. The Morgan fingerprint density at radius 2 is 1.68 bits per heavy atom. The fraction of sp³-hybridized carbons (Fsp3) is 0.350. The summed E-state index contributed by atoms with van der Waals surface area (Å²) in [6.45, 7) is 2.98. The van der Waals surface area contributed by atoms with E-state index in [1.54, 1.807) is 37.4 Å². The molecule has 0 radical (unpaired) electrons. The van der Waals surface area contributed by atoms with Crippen molar-refractivity contribution in [3.8, 4) is 5.75 Å². The number of hydrogen-bond donors (Lipinski definition) is 2. The smallest absolute Gasteiger partial charge is 0.191 e. The Kier molecular flexibility index (Phi) is 10.9. The molecular formula is C20H28IN3O3S. The predicted molar refractivity (Wildman–Crippen MR) is 124 cm³/mol. The van der Waals surface area contributed by atoms with Gasteiger partial charge in [0.1, 0.15) is 12.4 Å². The SMILES string of the molecule is CCC(CS(=O)(=O)c1ccccc1)NC(=NC)NCCOc1ccccc1.I. The number of sulfone groups is 1. The van der Waals surface area contributed by atoms with Crippen molar-refractivity contribution in [3.63, 3.8) is 0 Å². The zero-order valence-corrected chi connectivity index (χ0v) is 19.3. The van der Waals surface area contributed by atoms with Crippen molar-refractivity contribution >= 4 is 39.8 Å². The minimum Gasteiger partial charge on any atom is -0.492 e. The molecule has 154 valence electrons. The first-order valence-electron chi connectivity index (χ1n) is 8.98. The van der Waals surface area contributed by atoms with Gasteiger partial charge in [-0.25, -0.2) is 8.42 Å². The van der Waals surface area contributed by atoms with Crippen LogP contribution in [0.4, 0.5) is 0 Å². The van der Waals surface area contributed by atoms with Crippen LogP contribution in [0.5, 0.6) is 5.75 Å². The number of ether oxygens (including phenoxy) is 1. The zero-order valence-electron chi connectivity index (χ0n) is 16.2. The van der Waals surface area contributed by atoms with E-state index in [0.29, 0.717) is 30.4 Å². The van der Waals surface area contributed by atoms with Crippen molar-refractivity contribution in [2.45, 2.75) is 24.3 Å². The van der Waals surface area contributed by atoms with Gasteiger partial charge in [-0.2, -0.15) is 0 Å². The van der Waals surface area contributed by atoms with Crippen molar-refractivity contribution in [2.75, 3.05) is 26.0 Å². The molecule has 0 amide bonds. The van der Waals surface area contributed by atoms with Gasteiger partial charge in [0, 0.05) is 13.1 Å². The van der Waals surface area contributed by atoms with Gasteiger partial charge >= 0.3 is 0 Å². The number of halogens is 1. The van der Waals surface area contributed by atoms with Gasteiger partial charge in [-0.1, -0.05) is 43.3 Å². The summed E-state index contributed by atoms with van der Waals surface area (Å²) in [6.07, 6.45) is 0.660. The average Bonchev–Trinajstić information content (AvgIpc) is 2.70. The van der Waals surface area contributed by atoms with Crippen LogP contribution < -0.4 is 15.4 Å². The summed E-state index contributed by atoms with van der Waals surface area (Å²) in [5, 5.41) is 6.33. The van der Waals surface area contributed by atoms with Gasteiger partial charge in [0.2, 0.25) is 0 Å². The van der Waals surface area contributed by atoms with E-state index in [-0.39, 0.29) is 35.8 Å². The lowest BCUT2D eigenvalue weighted by molar-refractivity contribution is 0.321. The Morgan fingerprint density at radius 3 is 2.25 bits per heavy atom. The topological polar surface area (TPSA) is 79.8 Å². The second-order valence-electron chi connectivity index (χ2n) is 6.00. The van der Waals surface area contributed by atoms with Crippen molar-refractivity contribution in [1.29, 1.82) is 0 Å². The molecule has 0 saturated heterocycles. The Bertz CT molecular complexity index is 815. The standard InChI is InChI=1S/C20H27N3O3S.HI/c1-3-17(16-27(24,25)19-12-8-5-9-13-19)23-20(21-2)22-14-15-26-18-10-6-4-7-11-18;/h4-13,17H,3,14-16H2,1-2H3,(H2,21,22,23);1H. The molecule has 0 fully saturated rings. The molecule has 2 aromatic carbocycles. The Balaban J connectivity index is 0.00000392. The number of aliphatic imine (C=N–C) groups is 1. The first kappa shape index (κ1) is 24.2. The van der Waals surface area contributed by atoms with E-state index in [9.17, 15) is 8.42 Å². The lowest BCUT2D eigenvalue weighted by atomic mass is 10.3. The maximum absolute atomic E-state index is 12.6. The third kappa shape index (κ3) is 8.05. The zero-order chi connectivity index (χ0) is 19.5. The third-order valence-electron chi connectivity index (χ3n) is 3.99. The lowest BCUT2D eigenvalue weighted by Crippen LogP contribution is -2.46. The monoisotopic (exact) mass is 517 g/mol. The van der Waals surface area contributed by atoms with Crippen molar-refractivity contribution in [1.82, 2.24) is 10.6 Å². The summed E-state index contributed by atoms with van der Waals surface area (Å²) in [7, 11) is -1.70. The molecule has 0 aliphatic rings. The molecule has 2 rings (SSSR count). The number of nitrogens with one attached hydrogen (secondary N) is 2. The summed E-state index contributed by atoms with van der Waals surface area (Å²) >= 11 is 0. The molecule has 6 nitrogen and oxygen atoms in total. The molecule has 0 heterocycles. The highest BCUT2D eigenvalue weighted by Gasteiger charge is 2.20. The Morgan fingerprint density at radius 1 is 1.07 bits per heavy atom. The summed E-state index contributed by atoms with van der Waals surface area (Å²) in [5.41, 5.74) is 0. The Labute approximate surface area is 184 Å². The van der Waals surface area contributed by atoms with Gasteiger partial charge in [0.15, 0.2) is 15.8 Å². The maximum atomic E-state index is 12.6. The van der Waals surface area contributed by atoms with Crippen LogP contribution in [0.2, 0.25) is 0 Å². The molecule has 2 N–H and O–H groups in total. The van der Waals surface area contributed by atoms with Crippen LogP contribution in [0.3, 0.4) is 0 Å². The number of benzene rings is 2. The molecular weight excluding hydrogens is 489 g/mol. The fourth-order valence-corrected chi connectivity index (χ4v) is 4.11. The minimum atomic E-state index is -3.36. The molecule has 0 aromatic heterocycles. The molecule has 1 atom stereocenters. The van der Waals surface area contributed by atoms with Crippen LogP contribution in [0.25, 0.3) is 0 Å². The van der Waals surface area contributed by atoms with Crippen LogP contribution in [-0.2, 0) is 9.84 Å². The van der Waals surface area contributed by atoms with Gasteiger partial charge in [-0.05, 0) is 30.7 Å². The highest BCUT2D eigenvalue weighted by Crippen LogP contribution is 2.12. The van der Waals surface area contributed by atoms with Crippen molar-refractivity contribution in [3.05, 3.63) is 60.7 Å². The molecule has 0 aliphatic heterocycles. The van der Waals surface area contributed by atoms with Crippen LogP contribution in [0, 0.1) is 0 Å². The largest absolute Gasteiger partial charge is 0.492 e. The van der Waals surface area contributed by atoms with Gasteiger partial charge in [0.25, 0.3) is 0 Å². The predicted octanol–water partition coefficient (Wildman–Crippen LogP) is 3.10. The van der Waals surface area contributed by atoms with Crippen LogP contribution >= 0.6 is 24.0 Å². The second-order valence-corrected chi connectivity index (χ2v) is 8.04. The summed E-state index contributed by atoms with van der Waals surface area (Å²) in [5.74, 6) is 1.37. The number of nitrogens with zero attached hydrogens (tertiary/aromatic N) is 1. The summed E-state index contributed by atoms with van der Waals surface area (Å²) in [4.78, 5) is 4.50. The number of para-hydroxylation sites is 1. The average molecular weight is 517 g/mol. The molecule has 1 unspecified atom stereocenters. The van der Waals surface area contributed by atoms with E-state index < -0.39 is 9.84 Å². The van der Waals surface area contributed by atoms with Crippen LogP contribution in [-0.4, -0.2) is 46.4 Å². The number of hydrogen-bond acceptors (Lipinski definition) is 4. The van der Waals surface area contributed by atoms with Gasteiger partial charge in [-0.15, -0.1) is 24.0 Å². The first-order chi connectivity index (χ1) is 13.0. The quantitative estimate of drug-likeness (QED) is 0.231. The molecule has 0 spiro atoms. The second kappa shape index (κ2) is 12.6. The van der Waals surface area contributed by atoms with E-state index in [2.05, 4.69) is 15.6 Å². The highest BCUT2D eigenvalue weighted by molar-refractivity contribution is 14.0. The van der Waals surface area contributed by atoms with Crippen molar-refractivity contribution < 1.29 is 13.2 Å². The van der Waals surface area contributed by atoms with E-state index in [0.717, 1.165) is 5.75 Å². The molecule has 8 heteroatoms. The highest BCUT2D eigenvalue weighted by atomic mass is 127. The van der Waals surface area contributed by atoms with E-state index >= 15 is 0 Å². The first-order valence-corrected chi connectivity index (χ1v) is 10.6. The van der Waals surface area contributed by atoms with E-state index in [1.165, 1.54) is 0 Å². The summed E-state index contributed by atoms with van der Waals surface area (Å²) in [6, 6.07) is 17.8. The molecule has 0 bridgehead atoms.